The molecule has 0 heterocycles. The van der Waals surface area contributed by atoms with E-state index in [9.17, 15) is 17.2 Å². The Labute approximate surface area is 86.6 Å². The van der Waals surface area contributed by atoms with E-state index in [0.717, 1.165) is 6.07 Å². The summed E-state index contributed by atoms with van der Waals surface area (Å²) in [6.45, 7) is 0.278. The highest BCUT2D eigenvalue weighted by Gasteiger charge is 2.13. The Hall–Kier alpha value is -1.17. The highest BCUT2D eigenvalue weighted by molar-refractivity contribution is 7.91. The second kappa shape index (κ2) is 4.57. The zero-order chi connectivity index (χ0) is 11.5. The SMILES string of the molecule is [CH2]CS(=O)(=O)c1cccc(OC(F)F)c1. The van der Waals surface area contributed by atoms with Crippen LogP contribution < -0.4 is 4.74 Å². The van der Waals surface area contributed by atoms with Gasteiger partial charge in [-0.2, -0.15) is 8.78 Å². The van der Waals surface area contributed by atoms with Crippen LogP contribution >= 0.6 is 0 Å². The fourth-order valence-corrected chi connectivity index (χ4v) is 1.78. The van der Waals surface area contributed by atoms with E-state index in [-0.39, 0.29) is 16.4 Å². The number of hydrogen-bond acceptors (Lipinski definition) is 3. The van der Waals surface area contributed by atoms with Crippen LogP contribution in [0, 0.1) is 6.92 Å². The molecule has 0 fully saturated rings. The molecule has 0 spiro atoms. The topological polar surface area (TPSA) is 43.4 Å². The number of halogens is 2. The third kappa shape index (κ3) is 3.16. The molecular formula is C9H9F2O3S. The van der Waals surface area contributed by atoms with Gasteiger partial charge < -0.3 is 4.74 Å². The Kier molecular flexibility index (Phi) is 3.62. The van der Waals surface area contributed by atoms with Crippen LogP contribution in [-0.4, -0.2) is 20.8 Å². The summed E-state index contributed by atoms with van der Waals surface area (Å²) in [5.41, 5.74) is 0. The van der Waals surface area contributed by atoms with Gasteiger partial charge in [0.05, 0.1) is 10.6 Å². The number of benzene rings is 1. The summed E-state index contributed by atoms with van der Waals surface area (Å²) >= 11 is 0. The fraction of sp³-hybridized carbons (Fsp3) is 0.222. The minimum Gasteiger partial charge on any atom is -0.435 e. The normalized spacial score (nSPS) is 11.7. The van der Waals surface area contributed by atoms with E-state index < -0.39 is 16.4 Å². The predicted molar refractivity (Wildman–Crippen MR) is 50.5 cm³/mol. The molecule has 1 rings (SSSR count). The first kappa shape index (κ1) is 11.9. The van der Waals surface area contributed by atoms with Gasteiger partial charge in [0.25, 0.3) is 0 Å². The van der Waals surface area contributed by atoms with Crippen LogP contribution in [0.3, 0.4) is 0 Å². The average Bonchev–Trinajstić information content (AvgIpc) is 2.17. The number of alkyl halides is 2. The van der Waals surface area contributed by atoms with E-state index in [1.54, 1.807) is 0 Å². The van der Waals surface area contributed by atoms with Crippen molar-refractivity contribution in [1.29, 1.82) is 0 Å². The van der Waals surface area contributed by atoms with Gasteiger partial charge in [-0.3, -0.25) is 0 Å². The molecule has 0 aliphatic carbocycles. The van der Waals surface area contributed by atoms with Crippen LogP contribution in [0.4, 0.5) is 8.78 Å². The molecule has 3 nitrogen and oxygen atoms in total. The molecule has 0 unspecified atom stereocenters. The van der Waals surface area contributed by atoms with E-state index in [1.807, 2.05) is 0 Å². The highest BCUT2D eigenvalue weighted by atomic mass is 32.2. The molecule has 0 saturated carbocycles. The summed E-state index contributed by atoms with van der Waals surface area (Å²) in [4.78, 5) is -0.0735. The van der Waals surface area contributed by atoms with Crippen LogP contribution in [0.15, 0.2) is 29.2 Å². The van der Waals surface area contributed by atoms with Gasteiger partial charge in [-0.25, -0.2) is 8.42 Å². The van der Waals surface area contributed by atoms with Crippen molar-refractivity contribution in [3.05, 3.63) is 31.2 Å². The summed E-state index contributed by atoms with van der Waals surface area (Å²) in [5, 5.41) is 0. The van der Waals surface area contributed by atoms with Gasteiger partial charge in [0, 0.05) is 0 Å². The lowest BCUT2D eigenvalue weighted by Gasteiger charge is -2.06. The number of ether oxygens (including phenoxy) is 1. The van der Waals surface area contributed by atoms with Crippen LogP contribution in [0.1, 0.15) is 0 Å². The minimum absolute atomic E-state index is 0.0735. The summed E-state index contributed by atoms with van der Waals surface area (Å²) < 4.78 is 50.4. The molecular weight excluding hydrogens is 226 g/mol. The lowest BCUT2D eigenvalue weighted by atomic mass is 10.3. The molecule has 1 aromatic rings. The van der Waals surface area contributed by atoms with E-state index in [0.29, 0.717) is 0 Å². The lowest BCUT2D eigenvalue weighted by Crippen LogP contribution is -2.06. The Morgan fingerprint density at radius 1 is 1.40 bits per heavy atom. The second-order valence-corrected chi connectivity index (χ2v) is 4.78. The zero-order valence-corrected chi connectivity index (χ0v) is 8.51. The molecule has 0 N–H and O–H groups in total. The molecule has 0 aliphatic rings. The van der Waals surface area contributed by atoms with Crippen LogP contribution in [0.5, 0.6) is 5.75 Å². The van der Waals surface area contributed by atoms with Gasteiger partial charge in [-0.15, -0.1) is 0 Å². The smallest absolute Gasteiger partial charge is 0.387 e. The van der Waals surface area contributed by atoms with Gasteiger partial charge in [0.1, 0.15) is 5.75 Å². The maximum atomic E-state index is 11.8. The van der Waals surface area contributed by atoms with Crippen molar-refractivity contribution in [2.45, 2.75) is 11.5 Å². The summed E-state index contributed by atoms with van der Waals surface area (Å²) in [7, 11) is -3.49. The quantitative estimate of drug-likeness (QED) is 0.800. The molecule has 0 amide bonds. The van der Waals surface area contributed by atoms with Crippen molar-refractivity contribution in [1.82, 2.24) is 0 Å². The van der Waals surface area contributed by atoms with Crippen molar-refractivity contribution in [2.75, 3.05) is 5.75 Å². The predicted octanol–water partition coefficient (Wildman–Crippen LogP) is 1.90. The standard InChI is InChI=1S/C9H9F2O3S/c1-2-15(12,13)8-5-3-4-7(6-8)14-9(10)11/h3-6,9H,1-2H2. The summed E-state index contributed by atoms with van der Waals surface area (Å²) in [6.07, 6.45) is 0. The van der Waals surface area contributed by atoms with Gasteiger partial charge in [0.15, 0.2) is 9.84 Å². The van der Waals surface area contributed by atoms with Crippen molar-refractivity contribution in [3.8, 4) is 5.75 Å². The third-order valence-electron chi connectivity index (χ3n) is 1.66. The molecule has 0 bridgehead atoms. The van der Waals surface area contributed by atoms with Crippen molar-refractivity contribution >= 4 is 9.84 Å². The highest BCUT2D eigenvalue weighted by Crippen LogP contribution is 2.19. The molecule has 0 aromatic heterocycles. The van der Waals surface area contributed by atoms with E-state index in [1.165, 1.54) is 18.2 Å². The molecule has 0 atom stereocenters. The first-order chi connectivity index (χ1) is 6.95. The van der Waals surface area contributed by atoms with E-state index in [4.69, 9.17) is 0 Å². The number of rotatable bonds is 4. The molecule has 83 valence electrons. The number of hydrogen-bond donors (Lipinski definition) is 0. The minimum atomic E-state index is -3.49. The fourth-order valence-electron chi connectivity index (χ4n) is 0.962. The lowest BCUT2D eigenvalue weighted by molar-refractivity contribution is -0.0499. The third-order valence-corrected chi connectivity index (χ3v) is 3.17. The largest absolute Gasteiger partial charge is 0.435 e. The average molecular weight is 235 g/mol. The van der Waals surface area contributed by atoms with Crippen LogP contribution in [0.25, 0.3) is 0 Å². The van der Waals surface area contributed by atoms with Crippen LogP contribution in [0.2, 0.25) is 0 Å². The van der Waals surface area contributed by atoms with Crippen molar-refractivity contribution in [2.24, 2.45) is 0 Å². The summed E-state index contributed by atoms with van der Waals surface area (Å²) in [6, 6.07) is 4.94. The van der Waals surface area contributed by atoms with Crippen molar-refractivity contribution < 1.29 is 21.9 Å². The number of sulfone groups is 1. The molecule has 0 saturated heterocycles. The molecule has 1 aromatic carbocycles. The van der Waals surface area contributed by atoms with E-state index in [2.05, 4.69) is 11.7 Å². The zero-order valence-electron chi connectivity index (χ0n) is 7.69. The Morgan fingerprint density at radius 2 is 2.07 bits per heavy atom. The molecule has 0 aliphatic heterocycles. The van der Waals surface area contributed by atoms with Crippen molar-refractivity contribution in [3.63, 3.8) is 0 Å². The molecule has 1 radical (unpaired) electrons. The first-order valence-electron chi connectivity index (χ1n) is 4.02. The second-order valence-electron chi connectivity index (χ2n) is 2.67. The Balaban J connectivity index is 3.03. The molecule has 6 heteroatoms. The van der Waals surface area contributed by atoms with Crippen LogP contribution in [-0.2, 0) is 9.84 Å². The maximum Gasteiger partial charge on any atom is 0.387 e. The maximum absolute atomic E-state index is 11.8. The van der Waals surface area contributed by atoms with Gasteiger partial charge in [-0.05, 0) is 25.1 Å². The van der Waals surface area contributed by atoms with Gasteiger partial charge >= 0.3 is 6.61 Å². The molecule has 15 heavy (non-hydrogen) atoms. The van der Waals surface area contributed by atoms with E-state index >= 15 is 0 Å². The Morgan fingerprint density at radius 3 is 2.60 bits per heavy atom. The van der Waals surface area contributed by atoms with Gasteiger partial charge in [-0.1, -0.05) is 6.07 Å². The van der Waals surface area contributed by atoms with Gasteiger partial charge in [0.2, 0.25) is 0 Å². The first-order valence-corrected chi connectivity index (χ1v) is 5.68. The Bertz CT molecular complexity index is 429. The summed E-state index contributed by atoms with van der Waals surface area (Å²) in [5.74, 6) is -0.509. The monoisotopic (exact) mass is 235 g/mol.